The lowest BCUT2D eigenvalue weighted by Crippen LogP contribution is -2.37. The number of carbonyl (C=O) groups is 1. The maximum Gasteiger partial charge on any atom is 0.326 e. The summed E-state index contributed by atoms with van der Waals surface area (Å²) in [6.07, 6.45) is 1.32. The molecule has 3 nitrogen and oxygen atoms in total. The Morgan fingerprint density at radius 3 is 2.36 bits per heavy atom. The van der Waals surface area contributed by atoms with Crippen LogP contribution in [0, 0.1) is 22.7 Å². The number of ether oxygens (including phenoxy) is 1. The quantitative estimate of drug-likeness (QED) is 0.636. The smallest absolute Gasteiger partial charge is 0.326 e. The highest BCUT2D eigenvalue weighted by molar-refractivity contribution is 5.80. The molecule has 0 radical (unpaired) electrons. The van der Waals surface area contributed by atoms with Gasteiger partial charge in [0.1, 0.15) is 0 Å². The molecule has 0 amide bonds. The molecular formula is C11H19NO2. The number of esters is 1. The van der Waals surface area contributed by atoms with Gasteiger partial charge in [-0.15, -0.1) is 0 Å². The van der Waals surface area contributed by atoms with Crippen LogP contribution in [0.5, 0.6) is 0 Å². The monoisotopic (exact) mass is 197 g/mol. The standard InChI is InChI=1S/C11H19NO2/c1-5-9(4)11(6-2,8-12)10(13)14-7-3/h9H,5-7H2,1-4H3. The zero-order valence-electron chi connectivity index (χ0n) is 9.46. The number of rotatable bonds is 5. The maximum atomic E-state index is 11.7. The fourth-order valence-electron chi connectivity index (χ4n) is 1.54. The highest BCUT2D eigenvalue weighted by atomic mass is 16.5. The van der Waals surface area contributed by atoms with Crippen LogP contribution < -0.4 is 0 Å². The Bertz CT molecular complexity index is 232. The molecule has 0 aromatic rings. The van der Waals surface area contributed by atoms with Crippen LogP contribution in [-0.2, 0) is 9.53 Å². The minimum Gasteiger partial charge on any atom is -0.465 e. The summed E-state index contributed by atoms with van der Waals surface area (Å²) in [5, 5.41) is 9.12. The normalized spacial score (nSPS) is 16.5. The molecule has 0 heterocycles. The van der Waals surface area contributed by atoms with Crippen LogP contribution in [0.15, 0.2) is 0 Å². The molecule has 3 heteroatoms. The Morgan fingerprint density at radius 2 is 2.07 bits per heavy atom. The summed E-state index contributed by atoms with van der Waals surface area (Å²) in [4.78, 5) is 11.7. The van der Waals surface area contributed by atoms with Crippen molar-refractivity contribution in [2.75, 3.05) is 6.61 Å². The fourth-order valence-corrected chi connectivity index (χ4v) is 1.54. The van der Waals surface area contributed by atoms with Crippen molar-refractivity contribution < 1.29 is 9.53 Å². The van der Waals surface area contributed by atoms with Gasteiger partial charge in [0.05, 0.1) is 12.7 Å². The number of carbonyl (C=O) groups excluding carboxylic acids is 1. The molecule has 14 heavy (non-hydrogen) atoms. The number of nitriles is 1. The second-order valence-electron chi connectivity index (χ2n) is 3.47. The van der Waals surface area contributed by atoms with Gasteiger partial charge < -0.3 is 4.74 Å². The van der Waals surface area contributed by atoms with E-state index in [1.54, 1.807) is 6.92 Å². The minimum absolute atomic E-state index is 0.0385. The molecule has 0 saturated carbocycles. The molecule has 0 fully saturated rings. The Kier molecular flexibility index (Phi) is 5.22. The summed E-state index contributed by atoms with van der Waals surface area (Å²) in [6, 6.07) is 2.13. The summed E-state index contributed by atoms with van der Waals surface area (Å²) in [7, 11) is 0. The molecule has 0 aromatic carbocycles. The second-order valence-corrected chi connectivity index (χ2v) is 3.47. The largest absolute Gasteiger partial charge is 0.465 e. The van der Waals surface area contributed by atoms with Crippen LogP contribution in [0.4, 0.5) is 0 Å². The van der Waals surface area contributed by atoms with E-state index in [2.05, 4.69) is 6.07 Å². The van der Waals surface area contributed by atoms with Crippen molar-refractivity contribution in [3.8, 4) is 6.07 Å². The maximum absolute atomic E-state index is 11.7. The molecule has 0 bridgehead atoms. The summed E-state index contributed by atoms with van der Waals surface area (Å²) >= 11 is 0. The first kappa shape index (κ1) is 13.0. The Hall–Kier alpha value is -1.04. The van der Waals surface area contributed by atoms with Crippen LogP contribution in [0.1, 0.15) is 40.5 Å². The average molecular weight is 197 g/mol. The van der Waals surface area contributed by atoms with E-state index in [9.17, 15) is 4.79 Å². The predicted molar refractivity (Wildman–Crippen MR) is 54.4 cm³/mol. The third kappa shape index (κ3) is 2.25. The van der Waals surface area contributed by atoms with E-state index in [1.165, 1.54) is 0 Å². The van der Waals surface area contributed by atoms with Gasteiger partial charge in [0.2, 0.25) is 0 Å². The molecular weight excluding hydrogens is 178 g/mol. The summed E-state index contributed by atoms with van der Waals surface area (Å²) in [5.41, 5.74) is -0.954. The van der Waals surface area contributed by atoms with E-state index >= 15 is 0 Å². The van der Waals surface area contributed by atoms with Crippen molar-refractivity contribution in [1.29, 1.82) is 5.26 Å². The molecule has 0 N–H and O–H groups in total. The molecule has 2 unspecified atom stereocenters. The summed E-state index contributed by atoms with van der Waals surface area (Å²) < 4.78 is 4.95. The first-order valence-electron chi connectivity index (χ1n) is 5.17. The van der Waals surface area contributed by atoms with Crippen molar-refractivity contribution in [3.63, 3.8) is 0 Å². The van der Waals surface area contributed by atoms with Crippen molar-refractivity contribution in [3.05, 3.63) is 0 Å². The molecule has 0 saturated heterocycles. The van der Waals surface area contributed by atoms with Gasteiger partial charge in [-0.1, -0.05) is 27.2 Å². The lowest BCUT2D eigenvalue weighted by atomic mass is 9.74. The van der Waals surface area contributed by atoms with E-state index in [1.807, 2.05) is 20.8 Å². The zero-order chi connectivity index (χ0) is 11.2. The molecule has 0 aliphatic carbocycles. The second kappa shape index (κ2) is 5.64. The van der Waals surface area contributed by atoms with E-state index in [4.69, 9.17) is 10.00 Å². The lowest BCUT2D eigenvalue weighted by molar-refractivity contribution is -0.154. The number of hydrogen-bond acceptors (Lipinski definition) is 3. The molecule has 0 aliphatic rings. The van der Waals surface area contributed by atoms with Crippen molar-refractivity contribution in [2.24, 2.45) is 11.3 Å². The highest BCUT2D eigenvalue weighted by Gasteiger charge is 2.42. The van der Waals surface area contributed by atoms with Gasteiger partial charge in [-0.3, -0.25) is 4.79 Å². The molecule has 0 aromatic heterocycles. The van der Waals surface area contributed by atoms with Gasteiger partial charge in [-0.05, 0) is 19.3 Å². The third-order valence-electron chi connectivity index (χ3n) is 2.85. The van der Waals surface area contributed by atoms with E-state index in [0.717, 1.165) is 6.42 Å². The van der Waals surface area contributed by atoms with E-state index < -0.39 is 5.41 Å². The lowest BCUT2D eigenvalue weighted by Gasteiger charge is -2.28. The molecule has 0 rings (SSSR count). The van der Waals surface area contributed by atoms with E-state index in [0.29, 0.717) is 13.0 Å². The van der Waals surface area contributed by atoms with Gasteiger partial charge >= 0.3 is 5.97 Å². The number of nitrogens with zero attached hydrogens (tertiary/aromatic N) is 1. The SMILES string of the molecule is CCOC(=O)C(C#N)(CC)C(C)CC. The van der Waals surface area contributed by atoms with Gasteiger partial charge in [-0.2, -0.15) is 5.26 Å². The topological polar surface area (TPSA) is 50.1 Å². The first-order chi connectivity index (χ1) is 6.58. The van der Waals surface area contributed by atoms with Crippen molar-refractivity contribution in [1.82, 2.24) is 0 Å². The van der Waals surface area contributed by atoms with Crippen LogP contribution >= 0.6 is 0 Å². The van der Waals surface area contributed by atoms with Gasteiger partial charge in [-0.25, -0.2) is 0 Å². The molecule has 2 atom stereocenters. The Morgan fingerprint density at radius 1 is 1.50 bits per heavy atom. The third-order valence-corrected chi connectivity index (χ3v) is 2.85. The Labute approximate surface area is 86.1 Å². The predicted octanol–water partition coefficient (Wildman–Crippen LogP) is 2.52. The van der Waals surface area contributed by atoms with Crippen molar-refractivity contribution >= 4 is 5.97 Å². The van der Waals surface area contributed by atoms with Crippen LogP contribution in [0.2, 0.25) is 0 Å². The summed E-state index contributed by atoms with van der Waals surface area (Å²) in [5.74, 6) is -0.337. The van der Waals surface area contributed by atoms with Gasteiger partial charge in [0.25, 0.3) is 0 Å². The first-order valence-corrected chi connectivity index (χ1v) is 5.17. The number of hydrogen-bond donors (Lipinski definition) is 0. The van der Waals surface area contributed by atoms with Crippen molar-refractivity contribution in [2.45, 2.75) is 40.5 Å². The molecule has 0 spiro atoms. The van der Waals surface area contributed by atoms with Crippen LogP contribution in [0.25, 0.3) is 0 Å². The zero-order valence-corrected chi connectivity index (χ0v) is 9.46. The molecule has 0 aliphatic heterocycles. The van der Waals surface area contributed by atoms with Gasteiger partial charge in [0, 0.05) is 0 Å². The van der Waals surface area contributed by atoms with Crippen LogP contribution in [-0.4, -0.2) is 12.6 Å². The minimum atomic E-state index is -0.954. The van der Waals surface area contributed by atoms with E-state index in [-0.39, 0.29) is 11.9 Å². The Balaban J connectivity index is 4.89. The summed E-state index contributed by atoms with van der Waals surface area (Å²) in [6.45, 7) is 7.84. The molecule has 80 valence electrons. The van der Waals surface area contributed by atoms with Crippen LogP contribution in [0.3, 0.4) is 0 Å². The average Bonchev–Trinajstić information content (AvgIpc) is 2.20. The highest BCUT2D eigenvalue weighted by Crippen LogP contribution is 2.34. The van der Waals surface area contributed by atoms with Gasteiger partial charge in [0.15, 0.2) is 5.41 Å². The fraction of sp³-hybridized carbons (Fsp3) is 0.818.